The summed E-state index contributed by atoms with van der Waals surface area (Å²) in [6, 6.07) is 37.4. The third kappa shape index (κ3) is 19.4. The van der Waals surface area contributed by atoms with Crippen LogP contribution in [0.4, 0.5) is 0 Å². The Kier molecular flexibility index (Phi) is 27.3. The van der Waals surface area contributed by atoms with E-state index in [9.17, 15) is 24.4 Å². The Labute approximate surface area is 779 Å². The lowest BCUT2D eigenvalue weighted by Gasteiger charge is -2.35. The molecule has 13 aromatic rings. The number of ether oxygens (including phenoxy) is 1. The van der Waals surface area contributed by atoms with Crippen molar-refractivity contribution < 1.29 is 23.9 Å². The van der Waals surface area contributed by atoms with Crippen LogP contribution in [0.1, 0.15) is 362 Å². The number of benzene rings is 3. The molecule has 14 heterocycles. The van der Waals surface area contributed by atoms with Crippen LogP contribution in [0.25, 0.3) is 33.7 Å². The van der Waals surface area contributed by atoms with E-state index in [-0.39, 0.29) is 65.8 Å². The number of H-pyrrole nitrogens is 1. The molecule has 133 heavy (non-hydrogen) atoms. The van der Waals surface area contributed by atoms with Gasteiger partial charge in [0.1, 0.15) is 11.4 Å². The van der Waals surface area contributed by atoms with E-state index >= 15 is 0 Å². The molecule has 0 spiro atoms. The second-order valence-electron chi connectivity index (χ2n) is 39.5. The minimum Gasteiger partial charge on any atom is -0.496 e. The van der Waals surface area contributed by atoms with Crippen LogP contribution in [0, 0.1) is 57.8 Å². The van der Waals surface area contributed by atoms with Crippen molar-refractivity contribution in [2.24, 2.45) is 23.3 Å². The number of nitrogens with one attached hydrogen (secondary N) is 1. The first-order valence-electron chi connectivity index (χ1n) is 48.9. The fourth-order valence-corrected chi connectivity index (χ4v) is 22.5. The molecule has 0 bridgehead atoms. The van der Waals surface area contributed by atoms with Gasteiger partial charge in [0.2, 0.25) is 0 Å². The molecule has 12 atom stereocenters. The summed E-state index contributed by atoms with van der Waals surface area (Å²) in [4.78, 5) is 86.6. The first kappa shape index (κ1) is 91.1. The van der Waals surface area contributed by atoms with E-state index < -0.39 is 0 Å². The summed E-state index contributed by atoms with van der Waals surface area (Å²) in [5.41, 5.74) is 35.4. The molecule has 4 aliphatic carbocycles. The Hall–Kier alpha value is -12.4. The number of carbonyl (C=O) groups excluding carboxylic acids is 4. The van der Waals surface area contributed by atoms with Crippen LogP contribution in [0.5, 0.6) is 5.75 Å². The monoisotopic (exact) mass is 1790 g/mol. The van der Waals surface area contributed by atoms with E-state index in [0.29, 0.717) is 77.0 Å². The minimum atomic E-state index is -0.117. The summed E-state index contributed by atoms with van der Waals surface area (Å²) in [5.74, 6) is 4.22. The van der Waals surface area contributed by atoms with E-state index in [2.05, 4.69) is 126 Å². The molecular formula is C106H128N22O5. The largest absolute Gasteiger partial charge is 0.496 e. The molecule has 4 saturated carbocycles. The number of hydrogen-bond donors (Lipinski definition) is 3. The Morgan fingerprint density at radius 3 is 1.23 bits per heavy atom. The number of carbonyl (C=O) groups is 4. The van der Waals surface area contributed by atoms with Gasteiger partial charge in [-0.25, -0.2) is 38.0 Å². The van der Waals surface area contributed by atoms with Gasteiger partial charge in [0, 0.05) is 117 Å². The van der Waals surface area contributed by atoms with Gasteiger partial charge in [0.25, 0.3) is 23.6 Å². The molecule has 4 unspecified atom stereocenters. The quantitative estimate of drug-likeness (QED) is 0.0858. The predicted molar refractivity (Wildman–Crippen MR) is 513 cm³/mol. The average Bonchev–Trinajstić information content (AvgIpc) is 1.63. The number of likely N-dealkylation sites (tertiary alicyclic amines) is 4. The maximum Gasteiger partial charge on any atom is 0.273 e. The zero-order valence-electron chi connectivity index (χ0n) is 78.9. The van der Waals surface area contributed by atoms with Gasteiger partial charge in [-0.05, 0) is 263 Å². The Morgan fingerprint density at radius 1 is 0.436 bits per heavy atom. The maximum absolute atomic E-state index is 13.7. The van der Waals surface area contributed by atoms with Crippen LogP contribution in [-0.2, 0) is 0 Å². The first-order valence-corrected chi connectivity index (χ1v) is 48.9. The lowest BCUT2D eigenvalue weighted by Crippen LogP contribution is -2.39. The molecule has 8 fully saturated rings. The van der Waals surface area contributed by atoms with Crippen LogP contribution in [0.2, 0.25) is 0 Å². The lowest BCUT2D eigenvalue weighted by molar-refractivity contribution is 0.0593. The topological polar surface area (TPSA) is 329 Å². The number of pyridine rings is 1. The maximum atomic E-state index is 13.7. The highest BCUT2D eigenvalue weighted by Crippen LogP contribution is 2.45. The van der Waals surface area contributed by atoms with Crippen LogP contribution in [0.15, 0.2) is 146 Å². The Morgan fingerprint density at radius 2 is 0.835 bits per heavy atom. The number of nitrogens with two attached hydrogens (primary N) is 2. The predicted octanol–water partition coefficient (Wildman–Crippen LogP) is 19.7. The molecule has 692 valence electrons. The molecule has 21 rings (SSSR count). The number of amides is 4. The van der Waals surface area contributed by atoms with E-state index in [4.69, 9.17) is 56.5 Å². The van der Waals surface area contributed by atoms with Crippen molar-refractivity contribution in [1.29, 1.82) is 5.26 Å². The summed E-state index contributed by atoms with van der Waals surface area (Å²) in [6.45, 7) is 22.2. The van der Waals surface area contributed by atoms with Gasteiger partial charge >= 0.3 is 0 Å². The van der Waals surface area contributed by atoms with Crippen molar-refractivity contribution in [3.63, 3.8) is 0 Å². The van der Waals surface area contributed by atoms with E-state index in [0.717, 1.165) is 224 Å². The highest BCUT2D eigenvalue weighted by molar-refractivity contribution is 5.98. The van der Waals surface area contributed by atoms with Crippen LogP contribution in [-0.4, -0.2) is 162 Å². The highest BCUT2D eigenvalue weighted by atomic mass is 16.5. The van der Waals surface area contributed by atoms with E-state index in [1.165, 1.54) is 61.0 Å². The van der Waals surface area contributed by atoms with Gasteiger partial charge in [-0.3, -0.25) is 29.3 Å². The fraction of sp³-hybridized carbons (Fsp3) is 0.481. The van der Waals surface area contributed by atoms with Crippen LogP contribution in [0.3, 0.4) is 0 Å². The SMILES string of the molecule is COc1ccc(C)cc1C(=O)N1CCCC[C@H]1c1cc2nc(C3CC[C@H](N)C3)c(C)cn2n1.Cc1cn2nc([C@@H]3CCCCN3C(=O)c3cc(-c4ccccc4)ccn3)cc2nc1C1CC[C@H](C)C1.Cc1cn2nc([C@@H]3CCCCN3C(=O)c3ccccc3C#N)cc2nc1C1CC[C@H](N)C1.Cc1cn2nc([C@@H]3CCCCN3C(=O)c3cn[nH]c3C(C)C)cc2nc1C1CC[C@H](C)C1. The van der Waals surface area contributed by atoms with Crippen LogP contribution < -0.4 is 16.2 Å². The minimum absolute atomic E-state index is 0.00192. The Bertz CT molecular complexity index is 6450. The second kappa shape index (κ2) is 39.8. The van der Waals surface area contributed by atoms with Gasteiger partial charge in [-0.15, -0.1) is 0 Å². The number of nitriles is 1. The van der Waals surface area contributed by atoms with Crippen molar-refractivity contribution in [2.45, 2.75) is 282 Å². The number of hydrogen-bond acceptors (Lipinski definition) is 18. The summed E-state index contributed by atoms with van der Waals surface area (Å²) in [5, 5.41) is 36.1. The number of methoxy groups -OCH3 is 1. The number of aromatic nitrogens is 15. The van der Waals surface area contributed by atoms with Crippen molar-refractivity contribution in [2.75, 3.05) is 33.3 Å². The molecule has 27 heteroatoms. The van der Waals surface area contributed by atoms with Crippen LogP contribution >= 0.6 is 0 Å². The number of piperidine rings is 4. The Balaban J connectivity index is 0.000000119. The number of fused-ring (bicyclic) bond motifs is 4. The van der Waals surface area contributed by atoms with Gasteiger partial charge in [-0.2, -0.15) is 30.8 Å². The molecule has 0 radical (unpaired) electrons. The first-order chi connectivity index (χ1) is 64.5. The molecule has 4 amide bonds. The lowest BCUT2D eigenvalue weighted by atomic mass is 9.97. The number of rotatable bonds is 15. The zero-order valence-corrected chi connectivity index (χ0v) is 78.9. The summed E-state index contributed by atoms with van der Waals surface area (Å²) in [6.07, 6.45) is 37.3. The standard InChI is InChI=1S/C30H33N5O.C26H33N5O2.C25H34N6O.C25H28N6O/c1-20-11-12-24(16-20)29-21(2)19-35-28(32-29)18-25(33-35)27-10-6-7-15-34(27)30(36)26-17-23(13-14-31-26)22-8-4-3-5-9-22;1-16-7-10-23(33-3)20(12-16)26(32)30-11-5-4-6-22(30)21-14-24-28-25(17(2)15-31(24)29-21)18-8-9-19(27)13-18;1-15(2)23-19(13-26-28-23)25(32)30-10-6-5-7-21(30)20-12-22-27-24(17(4)14-31(22)29-20)18-9-8-16(3)11-18;1-16-15-31-23(28-24(16)17-9-10-19(27)12-17)13-21(29-31)22-8-4-5-11-30(22)25(32)20-7-3-2-6-18(20)14-26/h3-5,8-9,13-14,17-20,24,27H,6-7,10-12,15-16H2,1-2H3;7,10,12,14-15,18-19,22H,4-6,8-9,11,13,27H2,1-3H3;12-16,18,21H,5-11H2,1-4H3,(H,26,28);2-3,6-7,13,15,17,19,22H,4-5,8-12,27H2,1H3/t20-,24?,27-;18?,19-,22-;16-,18?,21-;17?,19-,22-/m0000/s1. The average molecular weight is 1790 g/mol. The smallest absolute Gasteiger partial charge is 0.273 e. The highest BCUT2D eigenvalue weighted by Gasteiger charge is 2.40. The second-order valence-corrected chi connectivity index (χ2v) is 39.5. The molecule has 8 aliphatic rings. The molecule has 4 saturated heterocycles. The molecular weight excluding hydrogens is 1660 g/mol. The summed E-state index contributed by atoms with van der Waals surface area (Å²) in [7, 11) is 1.61. The van der Waals surface area contributed by atoms with Crippen molar-refractivity contribution >= 4 is 46.2 Å². The molecule has 3 aromatic carbocycles. The fourth-order valence-electron chi connectivity index (χ4n) is 22.5. The molecule has 10 aromatic heterocycles. The normalized spacial score (nSPS) is 23.2. The third-order valence-electron chi connectivity index (χ3n) is 29.5. The van der Waals surface area contributed by atoms with Gasteiger partial charge in [0.05, 0.1) is 117 Å². The van der Waals surface area contributed by atoms with Gasteiger partial charge in [-0.1, -0.05) is 94.6 Å². The summed E-state index contributed by atoms with van der Waals surface area (Å²) < 4.78 is 13.0. The third-order valence-corrected chi connectivity index (χ3v) is 29.5. The molecule has 5 N–H and O–H groups in total. The van der Waals surface area contributed by atoms with Crippen molar-refractivity contribution in [3.8, 4) is 22.9 Å². The van der Waals surface area contributed by atoms with Crippen molar-refractivity contribution in [1.82, 2.24) is 93.2 Å². The van der Waals surface area contributed by atoms with E-state index in [1.807, 2.05) is 105 Å². The number of aromatic amines is 1. The molecule has 4 aliphatic heterocycles. The van der Waals surface area contributed by atoms with E-state index in [1.54, 1.807) is 43.8 Å². The number of aryl methyl sites for hydroxylation is 5. The molecule has 27 nitrogen and oxygen atoms in total. The van der Waals surface area contributed by atoms with Gasteiger partial charge < -0.3 is 35.8 Å². The van der Waals surface area contributed by atoms with Crippen molar-refractivity contribution in [3.05, 3.63) is 253 Å². The van der Waals surface area contributed by atoms with Gasteiger partial charge in [0.15, 0.2) is 22.6 Å². The zero-order chi connectivity index (χ0) is 92.4. The number of nitrogens with zero attached hydrogens (tertiary/aromatic N) is 19. The summed E-state index contributed by atoms with van der Waals surface area (Å²) >= 11 is 0.